The van der Waals surface area contributed by atoms with E-state index in [1.54, 1.807) is 6.20 Å². The smallest absolute Gasteiger partial charge is 0.251 e. The number of morpholine rings is 1. The van der Waals surface area contributed by atoms with Gasteiger partial charge in [0.25, 0.3) is 5.91 Å². The van der Waals surface area contributed by atoms with Gasteiger partial charge in [0.15, 0.2) is 10.9 Å². The van der Waals surface area contributed by atoms with Crippen LogP contribution in [0.25, 0.3) is 0 Å². The van der Waals surface area contributed by atoms with Crippen LogP contribution in [-0.4, -0.2) is 74.4 Å². The molecule has 1 atom stereocenters. The van der Waals surface area contributed by atoms with Crippen LogP contribution in [0, 0.1) is 5.41 Å². The summed E-state index contributed by atoms with van der Waals surface area (Å²) in [6.45, 7) is 9.48. The van der Waals surface area contributed by atoms with Crippen LogP contribution in [0.3, 0.4) is 0 Å². The number of H-pyrrole nitrogens is 1. The minimum absolute atomic E-state index is 0.128. The first-order chi connectivity index (χ1) is 17.8. The van der Waals surface area contributed by atoms with Crippen molar-refractivity contribution in [2.45, 2.75) is 51.5 Å². The molecule has 2 saturated heterocycles. The van der Waals surface area contributed by atoms with Gasteiger partial charge >= 0.3 is 0 Å². The molecule has 0 spiro atoms. The molecule has 3 N–H and O–H groups in total. The lowest BCUT2D eigenvalue weighted by molar-refractivity contribution is -0.120. The van der Waals surface area contributed by atoms with Crippen molar-refractivity contribution in [2.75, 3.05) is 53.3 Å². The maximum Gasteiger partial charge on any atom is 0.251 e. The molecule has 3 aliphatic rings. The number of amides is 1. The van der Waals surface area contributed by atoms with E-state index in [-0.39, 0.29) is 11.3 Å². The highest BCUT2D eigenvalue weighted by molar-refractivity contribution is 7.13. The molecule has 37 heavy (non-hydrogen) atoms. The molecular formula is C24H32N10O2S. The third kappa shape index (κ3) is 4.97. The Hall–Kier alpha value is -3.32. The number of rotatable bonds is 7. The van der Waals surface area contributed by atoms with E-state index < -0.39 is 5.54 Å². The minimum atomic E-state index is -0.873. The van der Waals surface area contributed by atoms with Gasteiger partial charge in [-0.1, -0.05) is 13.8 Å². The second-order valence-corrected chi connectivity index (χ2v) is 11.9. The first-order valence-electron chi connectivity index (χ1n) is 12.7. The monoisotopic (exact) mass is 524 g/mol. The van der Waals surface area contributed by atoms with Crippen LogP contribution < -0.4 is 20.4 Å². The summed E-state index contributed by atoms with van der Waals surface area (Å²) in [4.78, 5) is 36.4. The van der Waals surface area contributed by atoms with Crippen LogP contribution in [0.2, 0.25) is 0 Å². The van der Waals surface area contributed by atoms with E-state index in [0.29, 0.717) is 74.0 Å². The summed E-state index contributed by atoms with van der Waals surface area (Å²) in [5.74, 6) is 2.51. The summed E-state index contributed by atoms with van der Waals surface area (Å²) in [5.41, 5.74) is 0.120. The largest absolute Gasteiger partial charge is 0.378 e. The molecule has 5 heterocycles. The minimum Gasteiger partial charge on any atom is -0.378 e. The summed E-state index contributed by atoms with van der Waals surface area (Å²) < 4.78 is 5.54. The van der Waals surface area contributed by atoms with Crippen molar-refractivity contribution in [3.8, 4) is 0 Å². The molecule has 6 rings (SSSR count). The Morgan fingerprint density at radius 3 is 2.68 bits per heavy atom. The van der Waals surface area contributed by atoms with Crippen LogP contribution in [-0.2, 0) is 9.53 Å². The molecule has 196 valence electrons. The summed E-state index contributed by atoms with van der Waals surface area (Å²) in [6, 6.07) is 2.01. The fourth-order valence-electron chi connectivity index (χ4n) is 5.25. The molecule has 0 bridgehead atoms. The molecule has 1 amide bonds. The first-order valence-corrected chi connectivity index (χ1v) is 13.6. The number of anilines is 5. The molecule has 12 nitrogen and oxygen atoms in total. The van der Waals surface area contributed by atoms with E-state index in [9.17, 15) is 4.79 Å². The topological polar surface area (TPSA) is 137 Å². The van der Waals surface area contributed by atoms with Crippen LogP contribution in [0.5, 0.6) is 0 Å². The number of nitrogens with zero attached hydrogens (tertiary/aromatic N) is 7. The third-order valence-corrected chi connectivity index (χ3v) is 7.84. The van der Waals surface area contributed by atoms with Crippen LogP contribution >= 0.6 is 11.3 Å². The van der Waals surface area contributed by atoms with Crippen molar-refractivity contribution in [1.29, 1.82) is 0 Å². The number of nitrogens with one attached hydrogen (secondary N) is 3. The number of ether oxygens (including phenoxy) is 1. The van der Waals surface area contributed by atoms with E-state index in [4.69, 9.17) is 19.7 Å². The Morgan fingerprint density at radius 1 is 1.16 bits per heavy atom. The van der Waals surface area contributed by atoms with Gasteiger partial charge in [-0.15, -0.1) is 11.3 Å². The SMILES string of the molecule is CC1(C)CN(c2nc(Nc3cc(C4CC4)[nH]n3)nc(N3CCOCC3)n2)[C@](C)(C(=O)Nc2nccs2)C1. The number of aromatic amines is 1. The Labute approximate surface area is 219 Å². The highest BCUT2D eigenvalue weighted by Crippen LogP contribution is 2.44. The zero-order valence-electron chi connectivity index (χ0n) is 21.3. The molecule has 3 fully saturated rings. The standard InChI is InChI=1S/C24H32N10O2S/c1-23(2)13-24(3,18(35)27-22-25-6-11-37-22)34(14-23)21-29-19(26-17-12-16(31-32-17)15-4-5-15)28-20(30-21)33-7-9-36-10-8-33/h6,11-12,15H,4-5,7-10,13-14H2,1-3H3,(H,25,27,35)(H2,26,28,29,30,31,32)/t24-/m0/s1. The quantitative estimate of drug-likeness (QED) is 0.423. The van der Waals surface area contributed by atoms with Crippen molar-refractivity contribution in [3.63, 3.8) is 0 Å². The van der Waals surface area contributed by atoms with Crippen LogP contribution in [0.4, 0.5) is 28.8 Å². The molecule has 0 unspecified atom stereocenters. The molecule has 3 aromatic heterocycles. The molecular weight excluding hydrogens is 492 g/mol. The predicted octanol–water partition coefficient (Wildman–Crippen LogP) is 3.14. The second kappa shape index (κ2) is 9.21. The fraction of sp³-hybridized carbons (Fsp3) is 0.583. The van der Waals surface area contributed by atoms with Gasteiger partial charge in [-0.05, 0) is 31.6 Å². The van der Waals surface area contributed by atoms with E-state index in [1.165, 1.54) is 24.2 Å². The van der Waals surface area contributed by atoms with E-state index in [0.717, 1.165) is 5.69 Å². The normalized spacial score (nSPS) is 23.3. The number of carbonyl (C=O) groups is 1. The molecule has 13 heteroatoms. The number of hydrogen-bond acceptors (Lipinski definition) is 11. The van der Waals surface area contributed by atoms with Crippen LogP contribution in [0.1, 0.15) is 51.6 Å². The lowest BCUT2D eigenvalue weighted by Crippen LogP contribution is -2.52. The van der Waals surface area contributed by atoms with Gasteiger partial charge in [-0.3, -0.25) is 15.2 Å². The molecule has 1 saturated carbocycles. The first kappa shape index (κ1) is 24.0. The third-order valence-electron chi connectivity index (χ3n) is 7.15. The molecule has 0 aromatic carbocycles. The van der Waals surface area contributed by atoms with Crippen molar-refractivity contribution < 1.29 is 9.53 Å². The highest BCUT2D eigenvalue weighted by atomic mass is 32.1. The molecule has 3 aromatic rings. The lowest BCUT2D eigenvalue weighted by Gasteiger charge is -2.34. The second-order valence-electron chi connectivity index (χ2n) is 11.0. The van der Waals surface area contributed by atoms with Gasteiger partial charge in [0.2, 0.25) is 17.8 Å². The van der Waals surface area contributed by atoms with E-state index in [1.807, 2.05) is 23.3 Å². The Balaban J connectivity index is 1.35. The summed E-state index contributed by atoms with van der Waals surface area (Å²) in [7, 11) is 0. The van der Waals surface area contributed by atoms with Crippen molar-refractivity contribution >= 4 is 46.0 Å². The van der Waals surface area contributed by atoms with Gasteiger partial charge in [0.1, 0.15) is 5.54 Å². The Kier molecular flexibility index (Phi) is 5.98. The van der Waals surface area contributed by atoms with Crippen molar-refractivity contribution in [3.05, 3.63) is 23.3 Å². The summed E-state index contributed by atoms with van der Waals surface area (Å²) in [5, 5.41) is 16.2. The Bertz CT molecular complexity index is 1270. The van der Waals surface area contributed by atoms with Gasteiger partial charge in [0.05, 0.1) is 13.2 Å². The summed E-state index contributed by atoms with van der Waals surface area (Å²) in [6.07, 6.45) is 4.69. The summed E-state index contributed by atoms with van der Waals surface area (Å²) >= 11 is 1.40. The fourth-order valence-corrected chi connectivity index (χ4v) is 5.77. The molecule has 1 aliphatic carbocycles. The molecule has 0 radical (unpaired) electrons. The van der Waals surface area contributed by atoms with Gasteiger partial charge in [0, 0.05) is 48.9 Å². The lowest BCUT2D eigenvalue weighted by atomic mass is 9.84. The van der Waals surface area contributed by atoms with Crippen LogP contribution in [0.15, 0.2) is 17.6 Å². The number of thiazole rings is 1. The average Bonchev–Trinajstić information content (AvgIpc) is 3.27. The highest BCUT2D eigenvalue weighted by Gasteiger charge is 2.52. The van der Waals surface area contributed by atoms with Gasteiger partial charge in [-0.25, -0.2) is 4.98 Å². The average molecular weight is 525 g/mol. The number of carbonyl (C=O) groups excluding carboxylic acids is 1. The van der Waals surface area contributed by atoms with E-state index >= 15 is 0 Å². The predicted molar refractivity (Wildman–Crippen MR) is 142 cm³/mol. The maximum absolute atomic E-state index is 13.6. The number of hydrogen-bond donors (Lipinski definition) is 3. The zero-order chi connectivity index (χ0) is 25.6. The van der Waals surface area contributed by atoms with Crippen molar-refractivity contribution in [2.24, 2.45) is 5.41 Å². The Morgan fingerprint density at radius 2 is 1.95 bits per heavy atom. The van der Waals surface area contributed by atoms with Crippen molar-refractivity contribution in [1.82, 2.24) is 30.1 Å². The molecule has 2 aliphatic heterocycles. The maximum atomic E-state index is 13.6. The number of aromatic nitrogens is 6. The zero-order valence-corrected chi connectivity index (χ0v) is 22.1. The van der Waals surface area contributed by atoms with Gasteiger partial charge < -0.3 is 19.9 Å². The van der Waals surface area contributed by atoms with E-state index in [2.05, 4.69) is 44.6 Å². The van der Waals surface area contributed by atoms with Gasteiger partial charge in [-0.2, -0.15) is 20.1 Å².